The molecule has 17 heavy (non-hydrogen) atoms. The van der Waals surface area contributed by atoms with E-state index in [-0.39, 0.29) is 0 Å². The fourth-order valence-corrected chi connectivity index (χ4v) is 1.89. The summed E-state index contributed by atoms with van der Waals surface area (Å²) in [7, 11) is 0. The Bertz CT molecular complexity index is 522. The summed E-state index contributed by atoms with van der Waals surface area (Å²) in [6, 6.07) is 5.43. The highest BCUT2D eigenvalue weighted by molar-refractivity contribution is 9.10. The van der Waals surface area contributed by atoms with Crippen LogP contribution in [-0.4, -0.2) is 9.97 Å². The number of furan rings is 1. The van der Waals surface area contributed by atoms with Gasteiger partial charge in [-0.05, 0) is 40.4 Å². The molecule has 0 spiro atoms. The van der Waals surface area contributed by atoms with Gasteiger partial charge in [0.15, 0.2) is 16.3 Å². The SMILES string of the molecule is CC(C)Cc1cc(N)nc(-c2ccc(Br)o2)n1. The zero-order valence-electron chi connectivity index (χ0n) is 9.77. The maximum Gasteiger partial charge on any atom is 0.197 e. The molecule has 5 heteroatoms. The van der Waals surface area contributed by atoms with Crippen molar-refractivity contribution in [3.05, 3.63) is 28.6 Å². The molecule has 0 aliphatic carbocycles. The first-order chi connectivity index (χ1) is 8.04. The second-order valence-corrected chi connectivity index (χ2v) is 5.09. The molecular weight excluding hydrogens is 282 g/mol. The minimum Gasteiger partial charge on any atom is -0.446 e. The summed E-state index contributed by atoms with van der Waals surface area (Å²) in [5.41, 5.74) is 6.71. The summed E-state index contributed by atoms with van der Waals surface area (Å²) < 4.78 is 6.08. The van der Waals surface area contributed by atoms with Crippen molar-refractivity contribution in [3.63, 3.8) is 0 Å². The molecule has 2 rings (SSSR count). The van der Waals surface area contributed by atoms with E-state index < -0.39 is 0 Å². The zero-order valence-corrected chi connectivity index (χ0v) is 11.4. The number of halogens is 1. The molecule has 0 saturated carbocycles. The summed E-state index contributed by atoms with van der Waals surface area (Å²) in [4.78, 5) is 8.63. The van der Waals surface area contributed by atoms with Gasteiger partial charge in [-0.25, -0.2) is 9.97 Å². The summed E-state index contributed by atoms with van der Waals surface area (Å²) in [5.74, 6) is 2.15. The number of nitrogens with two attached hydrogens (primary N) is 1. The van der Waals surface area contributed by atoms with Crippen molar-refractivity contribution in [2.24, 2.45) is 5.92 Å². The topological polar surface area (TPSA) is 64.9 Å². The van der Waals surface area contributed by atoms with Crippen LogP contribution in [0.5, 0.6) is 0 Å². The summed E-state index contributed by atoms with van der Waals surface area (Å²) in [5, 5.41) is 0. The van der Waals surface area contributed by atoms with Gasteiger partial charge in [-0.15, -0.1) is 0 Å². The Morgan fingerprint density at radius 3 is 2.71 bits per heavy atom. The Morgan fingerprint density at radius 1 is 1.35 bits per heavy atom. The van der Waals surface area contributed by atoms with Gasteiger partial charge in [0, 0.05) is 11.8 Å². The van der Waals surface area contributed by atoms with Gasteiger partial charge in [0.25, 0.3) is 0 Å². The van der Waals surface area contributed by atoms with Gasteiger partial charge in [0.05, 0.1) is 0 Å². The maximum absolute atomic E-state index is 5.77. The van der Waals surface area contributed by atoms with Gasteiger partial charge >= 0.3 is 0 Å². The third kappa shape index (κ3) is 3.06. The van der Waals surface area contributed by atoms with Crippen molar-refractivity contribution >= 4 is 21.7 Å². The molecule has 0 aliphatic rings. The molecule has 0 bridgehead atoms. The van der Waals surface area contributed by atoms with E-state index in [0.29, 0.717) is 28.0 Å². The smallest absolute Gasteiger partial charge is 0.197 e. The fraction of sp³-hybridized carbons (Fsp3) is 0.333. The normalized spacial score (nSPS) is 11.1. The summed E-state index contributed by atoms with van der Waals surface area (Å²) in [6.07, 6.45) is 0.877. The van der Waals surface area contributed by atoms with Crippen molar-refractivity contribution in [2.75, 3.05) is 5.73 Å². The minimum atomic E-state index is 0.471. The average Bonchev–Trinajstić information content (AvgIpc) is 2.62. The maximum atomic E-state index is 5.77. The molecule has 2 aromatic rings. The summed E-state index contributed by atoms with van der Waals surface area (Å²) >= 11 is 3.25. The lowest BCUT2D eigenvalue weighted by molar-refractivity contribution is 0.550. The number of rotatable bonds is 3. The molecule has 90 valence electrons. The Balaban J connectivity index is 2.37. The third-order valence-corrected chi connectivity index (χ3v) is 2.64. The van der Waals surface area contributed by atoms with Crippen LogP contribution < -0.4 is 5.73 Å². The van der Waals surface area contributed by atoms with E-state index in [1.165, 1.54) is 0 Å². The average molecular weight is 296 g/mol. The van der Waals surface area contributed by atoms with Crippen LogP contribution in [0.2, 0.25) is 0 Å². The number of hydrogen-bond acceptors (Lipinski definition) is 4. The molecule has 0 atom stereocenters. The van der Waals surface area contributed by atoms with Crippen LogP contribution in [0.1, 0.15) is 19.5 Å². The van der Waals surface area contributed by atoms with Crippen molar-refractivity contribution < 1.29 is 4.42 Å². The van der Waals surface area contributed by atoms with Crippen LogP contribution in [0.3, 0.4) is 0 Å². The highest BCUT2D eigenvalue weighted by Gasteiger charge is 2.10. The standard InChI is InChI=1S/C12H14BrN3O/c1-7(2)5-8-6-11(14)16-12(15-8)9-3-4-10(13)17-9/h3-4,6-7H,5H2,1-2H3,(H2,14,15,16). The van der Waals surface area contributed by atoms with Crippen molar-refractivity contribution in [3.8, 4) is 11.6 Å². The van der Waals surface area contributed by atoms with E-state index in [0.717, 1.165) is 12.1 Å². The van der Waals surface area contributed by atoms with Crippen LogP contribution in [0.15, 0.2) is 27.3 Å². The van der Waals surface area contributed by atoms with Crippen LogP contribution >= 0.6 is 15.9 Å². The number of aromatic nitrogens is 2. The van der Waals surface area contributed by atoms with Crippen LogP contribution in [0.4, 0.5) is 5.82 Å². The third-order valence-electron chi connectivity index (χ3n) is 2.21. The summed E-state index contributed by atoms with van der Waals surface area (Å²) in [6.45, 7) is 4.28. The van der Waals surface area contributed by atoms with Gasteiger partial charge in [0.1, 0.15) is 5.82 Å². The van der Waals surface area contributed by atoms with Gasteiger partial charge in [0.2, 0.25) is 0 Å². The van der Waals surface area contributed by atoms with E-state index in [4.69, 9.17) is 10.2 Å². The largest absolute Gasteiger partial charge is 0.446 e. The lowest BCUT2D eigenvalue weighted by Gasteiger charge is -2.06. The van der Waals surface area contributed by atoms with Crippen LogP contribution in [0.25, 0.3) is 11.6 Å². The van der Waals surface area contributed by atoms with E-state index in [1.807, 2.05) is 18.2 Å². The van der Waals surface area contributed by atoms with E-state index in [2.05, 4.69) is 39.7 Å². The molecule has 0 aliphatic heterocycles. The highest BCUT2D eigenvalue weighted by atomic mass is 79.9. The van der Waals surface area contributed by atoms with Crippen molar-refractivity contribution in [1.29, 1.82) is 0 Å². The lowest BCUT2D eigenvalue weighted by Crippen LogP contribution is -2.03. The monoisotopic (exact) mass is 295 g/mol. The lowest BCUT2D eigenvalue weighted by atomic mass is 10.1. The first kappa shape index (κ1) is 12.1. The fourth-order valence-electron chi connectivity index (χ4n) is 1.59. The quantitative estimate of drug-likeness (QED) is 0.944. The Labute approximate surface area is 108 Å². The van der Waals surface area contributed by atoms with E-state index in [1.54, 1.807) is 0 Å². The van der Waals surface area contributed by atoms with E-state index >= 15 is 0 Å². The molecule has 0 amide bonds. The Morgan fingerprint density at radius 2 is 2.12 bits per heavy atom. The van der Waals surface area contributed by atoms with E-state index in [9.17, 15) is 0 Å². The molecule has 2 aromatic heterocycles. The molecule has 0 aromatic carbocycles. The second-order valence-electron chi connectivity index (χ2n) is 4.31. The molecule has 0 fully saturated rings. The van der Waals surface area contributed by atoms with Crippen LogP contribution in [0, 0.1) is 5.92 Å². The number of nitrogen functional groups attached to an aromatic ring is 1. The van der Waals surface area contributed by atoms with Crippen molar-refractivity contribution in [2.45, 2.75) is 20.3 Å². The minimum absolute atomic E-state index is 0.471. The molecular formula is C12H14BrN3O. The number of hydrogen-bond donors (Lipinski definition) is 1. The van der Waals surface area contributed by atoms with Crippen molar-refractivity contribution in [1.82, 2.24) is 9.97 Å². The Hall–Kier alpha value is -1.36. The highest BCUT2D eigenvalue weighted by Crippen LogP contribution is 2.23. The second kappa shape index (κ2) is 4.87. The molecule has 2 heterocycles. The zero-order chi connectivity index (χ0) is 12.4. The first-order valence-corrected chi connectivity index (χ1v) is 6.23. The van der Waals surface area contributed by atoms with Gasteiger partial charge in [-0.2, -0.15) is 0 Å². The van der Waals surface area contributed by atoms with Gasteiger partial charge in [-0.3, -0.25) is 0 Å². The van der Waals surface area contributed by atoms with Crippen LogP contribution in [-0.2, 0) is 6.42 Å². The number of anilines is 1. The number of nitrogens with zero attached hydrogens (tertiary/aromatic N) is 2. The van der Waals surface area contributed by atoms with Gasteiger partial charge in [-0.1, -0.05) is 13.8 Å². The molecule has 0 radical (unpaired) electrons. The molecule has 4 nitrogen and oxygen atoms in total. The predicted molar refractivity (Wildman–Crippen MR) is 70.4 cm³/mol. The molecule has 0 unspecified atom stereocenters. The molecule has 2 N–H and O–H groups in total. The Kier molecular flexibility index (Phi) is 3.47. The molecule has 0 saturated heterocycles. The predicted octanol–water partition coefficient (Wildman–Crippen LogP) is 3.28. The van der Waals surface area contributed by atoms with Gasteiger partial charge < -0.3 is 10.2 Å². The first-order valence-electron chi connectivity index (χ1n) is 5.43.